The molecule has 4 fully saturated rings. The molecule has 0 amide bonds. The second kappa shape index (κ2) is 7.15. The van der Waals surface area contributed by atoms with Gasteiger partial charge >= 0.3 is 27.3 Å². The number of carbonyl (C=O) groups excluding carboxylic acids is 2. The Hall–Kier alpha value is -1.37. The fraction of sp³-hybridized carbons (Fsp3) is 0.875. The summed E-state index contributed by atoms with van der Waals surface area (Å²) in [5.41, 5.74) is -1.15. The van der Waals surface area contributed by atoms with Crippen LogP contribution in [0.25, 0.3) is 0 Å². The number of aliphatic hydroxyl groups is 1. The first kappa shape index (κ1) is 21.3. The topological polar surface area (TPSA) is 136 Å². The Balaban J connectivity index is 1.39. The third kappa shape index (κ3) is 4.29. The van der Waals surface area contributed by atoms with Crippen LogP contribution in [0, 0.1) is 11.8 Å². The number of alkyl halides is 2. The highest BCUT2D eigenvalue weighted by molar-refractivity contribution is 7.87. The van der Waals surface area contributed by atoms with Crippen LogP contribution in [0.1, 0.15) is 38.5 Å². The van der Waals surface area contributed by atoms with Crippen molar-refractivity contribution in [2.24, 2.45) is 11.8 Å². The first-order valence-corrected chi connectivity index (χ1v) is 10.3. The van der Waals surface area contributed by atoms with Crippen molar-refractivity contribution in [3.05, 3.63) is 0 Å². The number of halogens is 2. The van der Waals surface area contributed by atoms with E-state index < -0.39 is 45.1 Å². The molecule has 4 aliphatic carbocycles. The van der Waals surface area contributed by atoms with Crippen molar-refractivity contribution >= 4 is 22.1 Å². The second-order valence-corrected chi connectivity index (χ2v) is 9.47. The number of ether oxygens (including phenoxy) is 3. The maximum atomic E-state index is 13.0. The van der Waals surface area contributed by atoms with Gasteiger partial charge in [0.05, 0.1) is 17.8 Å². The average molecular weight is 428 g/mol. The minimum atomic E-state index is -6.00. The minimum absolute atomic E-state index is 0.0242. The molecule has 4 rings (SSSR count). The van der Waals surface area contributed by atoms with Crippen molar-refractivity contribution in [3.8, 4) is 0 Å². The van der Waals surface area contributed by atoms with Gasteiger partial charge in [0.25, 0.3) is 0 Å². The highest BCUT2D eigenvalue weighted by atomic mass is 32.2. The monoisotopic (exact) mass is 428 g/mol. The Kier molecular flexibility index (Phi) is 5.45. The molecule has 160 valence electrons. The van der Waals surface area contributed by atoms with Crippen molar-refractivity contribution in [3.63, 3.8) is 0 Å². The molecule has 0 aromatic rings. The molecule has 2 unspecified atom stereocenters. The van der Waals surface area contributed by atoms with Gasteiger partial charge in [0.2, 0.25) is 0 Å². The molecule has 0 aromatic heterocycles. The van der Waals surface area contributed by atoms with Gasteiger partial charge in [0.15, 0.2) is 6.61 Å². The van der Waals surface area contributed by atoms with Crippen LogP contribution in [0.2, 0.25) is 0 Å². The number of rotatable bonds is 8. The SMILES string of the molecule is O=C(COC(=O)C(F)(F)S(=O)(=O)O)OCCOC12CC3CC(CC(O)(C3)C1)C2. The van der Waals surface area contributed by atoms with E-state index in [-0.39, 0.29) is 13.2 Å². The Bertz CT molecular complexity index is 737. The Morgan fingerprint density at radius 1 is 1.07 bits per heavy atom. The predicted octanol–water partition coefficient (Wildman–Crippen LogP) is 0.654. The molecular formula is C16H22F2O9S. The summed E-state index contributed by atoms with van der Waals surface area (Å²) in [5, 5.41) is 5.45. The van der Waals surface area contributed by atoms with Crippen LogP contribution in [0.3, 0.4) is 0 Å². The molecule has 0 spiro atoms. The van der Waals surface area contributed by atoms with E-state index in [9.17, 15) is 31.9 Å². The maximum absolute atomic E-state index is 13.0. The molecule has 0 saturated heterocycles. The zero-order chi connectivity index (χ0) is 20.8. The molecule has 4 bridgehead atoms. The van der Waals surface area contributed by atoms with E-state index in [0.717, 1.165) is 32.1 Å². The van der Waals surface area contributed by atoms with Crippen LogP contribution in [0.5, 0.6) is 0 Å². The van der Waals surface area contributed by atoms with Gasteiger partial charge in [-0.1, -0.05) is 0 Å². The van der Waals surface area contributed by atoms with Crippen LogP contribution in [0.15, 0.2) is 0 Å². The lowest BCUT2D eigenvalue weighted by molar-refractivity contribution is -0.223. The fourth-order valence-electron chi connectivity index (χ4n) is 5.07. The molecule has 2 N–H and O–H groups in total. The van der Waals surface area contributed by atoms with E-state index in [0.29, 0.717) is 18.3 Å². The largest absolute Gasteiger partial charge is 0.465 e. The summed E-state index contributed by atoms with van der Waals surface area (Å²) in [7, 11) is -6.00. The lowest BCUT2D eigenvalue weighted by Crippen LogP contribution is -2.60. The molecule has 0 radical (unpaired) electrons. The first-order valence-electron chi connectivity index (χ1n) is 8.88. The van der Waals surface area contributed by atoms with Crippen molar-refractivity contribution in [1.82, 2.24) is 0 Å². The van der Waals surface area contributed by atoms with E-state index >= 15 is 0 Å². The fourth-order valence-corrected chi connectivity index (χ4v) is 5.34. The lowest BCUT2D eigenvalue weighted by atomic mass is 9.52. The third-order valence-electron chi connectivity index (χ3n) is 5.61. The number of esters is 2. The van der Waals surface area contributed by atoms with Crippen LogP contribution in [-0.2, 0) is 33.9 Å². The molecule has 0 aromatic carbocycles. The predicted molar refractivity (Wildman–Crippen MR) is 86.7 cm³/mol. The van der Waals surface area contributed by atoms with Crippen molar-refractivity contribution in [2.75, 3.05) is 19.8 Å². The van der Waals surface area contributed by atoms with Gasteiger partial charge < -0.3 is 19.3 Å². The van der Waals surface area contributed by atoms with Crippen molar-refractivity contribution in [2.45, 2.75) is 55.0 Å². The Morgan fingerprint density at radius 3 is 2.21 bits per heavy atom. The van der Waals surface area contributed by atoms with Gasteiger partial charge in [0.1, 0.15) is 6.61 Å². The zero-order valence-electron chi connectivity index (χ0n) is 14.9. The van der Waals surface area contributed by atoms with E-state index in [1.54, 1.807) is 0 Å². The summed E-state index contributed by atoms with van der Waals surface area (Å²) in [6.07, 6.45) is 4.85. The first-order chi connectivity index (χ1) is 12.8. The maximum Gasteiger partial charge on any atom is 0.465 e. The summed E-state index contributed by atoms with van der Waals surface area (Å²) < 4.78 is 69.5. The van der Waals surface area contributed by atoms with E-state index in [4.69, 9.17) is 14.0 Å². The molecule has 0 heterocycles. The molecule has 12 heteroatoms. The van der Waals surface area contributed by atoms with Crippen molar-refractivity contribution in [1.29, 1.82) is 0 Å². The van der Waals surface area contributed by atoms with Gasteiger partial charge in [-0.25, -0.2) is 9.59 Å². The molecule has 4 saturated carbocycles. The summed E-state index contributed by atoms with van der Waals surface area (Å²) in [6.45, 7) is -1.43. The molecule has 9 nitrogen and oxygen atoms in total. The molecular weight excluding hydrogens is 406 g/mol. The zero-order valence-corrected chi connectivity index (χ0v) is 15.8. The molecule has 28 heavy (non-hydrogen) atoms. The van der Waals surface area contributed by atoms with E-state index in [2.05, 4.69) is 4.74 Å². The minimum Gasteiger partial charge on any atom is -0.461 e. The second-order valence-electron chi connectivity index (χ2n) is 8.01. The Morgan fingerprint density at radius 2 is 1.68 bits per heavy atom. The van der Waals surface area contributed by atoms with Crippen LogP contribution >= 0.6 is 0 Å². The molecule has 2 atom stereocenters. The van der Waals surface area contributed by atoms with Gasteiger partial charge in [-0.3, -0.25) is 4.55 Å². The normalized spacial score (nSPS) is 34.3. The molecule has 4 aliphatic rings. The Labute approximate surface area is 160 Å². The standard InChI is InChI=1S/C16H22F2O9S/c17-16(18,28(22,23)24)13(20)26-8-12(19)25-1-2-27-15-6-10-3-11(7-15)5-14(21,4-10)9-15/h10-11,21H,1-9H2,(H,22,23,24). The number of hydrogen-bond acceptors (Lipinski definition) is 8. The van der Waals surface area contributed by atoms with Crippen molar-refractivity contribution < 1.29 is 50.7 Å². The highest BCUT2D eigenvalue weighted by Gasteiger charge is 2.58. The van der Waals surface area contributed by atoms with Gasteiger partial charge in [0, 0.05) is 6.42 Å². The van der Waals surface area contributed by atoms with Gasteiger partial charge in [-0.2, -0.15) is 17.2 Å². The van der Waals surface area contributed by atoms with Gasteiger partial charge in [-0.15, -0.1) is 0 Å². The third-order valence-corrected chi connectivity index (χ3v) is 6.43. The highest BCUT2D eigenvalue weighted by Crippen LogP contribution is 2.58. The van der Waals surface area contributed by atoms with Crippen LogP contribution in [-0.4, -0.2) is 66.3 Å². The summed E-state index contributed by atoms with van der Waals surface area (Å²) in [5.74, 6) is -2.92. The van der Waals surface area contributed by atoms with E-state index in [1.165, 1.54) is 0 Å². The number of carbonyl (C=O) groups is 2. The lowest BCUT2D eigenvalue weighted by Gasteiger charge is -2.59. The summed E-state index contributed by atoms with van der Waals surface area (Å²) >= 11 is 0. The van der Waals surface area contributed by atoms with Gasteiger partial charge in [-0.05, 0) is 43.9 Å². The number of hydrogen-bond donors (Lipinski definition) is 2. The average Bonchev–Trinajstić information content (AvgIpc) is 2.53. The quantitative estimate of drug-likeness (QED) is 0.324. The van der Waals surface area contributed by atoms with Crippen LogP contribution < -0.4 is 0 Å². The van der Waals surface area contributed by atoms with Crippen LogP contribution in [0.4, 0.5) is 8.78 Å². The smallest absolute Gasteiger partial charge is 0.461 e. The summed E-state index contributed by atoms with van der Waals surface area (Å²) in [4.78, 5) is 22.4. The van der Waals surface area contributed by atoms with E-state index in [1.807, 2.05) is 0 Å². The summed E-state index contributed by atoms with van der Waals surface area (Å²) in [6, 6.07) is 0. The molecule has 0 aliphatic heterocycles.